The molecule has 1 N–H and O–H groups in total. The van der Waals surface area contributed by atoms with Crippen LogP contribution in [0.1, 0.15) is 31.2 Å². The van der Waals surface area contributed by atoms with Gasteiger partial charge in [0, 0.05) is 12.1 Å². The third-order valence-electron chi connectivity index (χ3n) is 3.49. The van der Waals surface area contributed by atoms with Crippen molar-refractivity contribution in [1.29, 1.82) is 5.26 Å². The lowest BCUT2D eigenvalue weighted by Gasteiger charge is -2.10. The van der Waals surface area contributed by atoms with Gasteiger partial charge in [0.2, 0.25) is 0 Å². The van der Waals surface area contributed by atoms with Gasteiger partial charge in [-0.25, -0.2) is 0 Å². The smallest absolute Gasteiger partial charge is 0.276 e. The molecular weight excluding hydrogens is 270 g/mol. The van der Waals surface area contributed by atoms with Crippen molar-refractivity contribution in [2.45, 2.75) is 31.7 Å². The van der Waals surface area contributed by atoms with E-state index < -0.39 is 10.8 Å². The molecule has 0 bridgehead atoms. The van der Waals surface area contributed by atoms with E-state index in [1.54, 1.807) is 12.1 Å². The Balaban J connectivity index is 2.22. The molecule has 0 saturated heterocycles. The highest BCUT2D eigenvalue weighted by atomic mass is 16.6. The minimum Gasteiger partial charge on any atom is -0.349 e. The first kappa shape index (κ1) is 14.7. The van der Waals surface area contributed by atoms with E-state index in [2.05, 4.69) is 5.32 Å². The first-order valence-corrected chi connectivity index (χ1v) is 6.78. The molecule has 0 spiro atoms. The lowest BCUT2D eigenvalue weighted by Crippen LogP contribution is -2.33. The Kier molecular flexibility index (Phi) is 4.67. The van der Waals surface area contributed by atoms with Crippen molar-refractivity contribution in [2.75, 3.05) is 0 Å². The summed E-state index contributed by atoms with van der Waals surface area (Å²) in [6.45, 7) is 0. The molecule has 0 aromatic heterocycles. The molecule has 2 rings (SSSR count). The van der Waals surface area contributed by atoms with E-state index in [-0.39, 0.29) is 22.9 Å². The summed E-state index contributed by atoms with van der Waals surface area (Å²) in [6.07, 6.45) is 5.23. The number of carbonyl (C=O) groups is 1. The van der Waals surface area contributed by atoms with Crippen molar-refractivity contribution in [2.24, 2.45) is 0 Å². The van der Waals surface area contributed by atoms with Gasteiger partial charge in [0.15, 0.2) is 0 Å². The highest BCUT2D eigenvalue weighted by Crippen LogP contribution is 2.21. The zero-order valence-corrected chi connectivity index (χ0v) is 11.4. The summed E-state index contributed by atoms with van der Waals surface area (Å²) in [4.78, 5) is 22.4. The molecule has 1 aliphatic rings. The molecule has 1 aromatic carbocycles. The van der Waals surface area contributed by atoms with Crippen molar-refractivity contribution >= 4 is 17.7 Å². The van der Waals surface area contributed by atoms with Gasteiger partial charge in [-0.05, 0) is 25.0 Å². The van der Waals surface area contributed by atoms with E-state index in [1.165, 1.54) is 18.2 Å². The molecule has 1 saturated carbocycles. The average molecular weight is 285 g/mol. The van der Waals surface area contributed by atoms with Gasteiger partial charge in [-0.15, -0.1) is 0 Å². The molecule has 0 atom stereocenters. The highest BCUT2D eigenvalue weighted by Gasteiger charge is 2.20. The van der Waals surface area contributed by atoms with Crippen LogP contribution in [0.25, 0.3) is 6.08 Å². The second-order valence-corrected chi connectivity index (χ2v) is 4.94. The molecule has 0 heterocycles. The van der Waals surface area contributed by atoms with E-state index in [0.717, 1.165) is 25.7 Å². The molecule has 1 aromatic rings. The quantitative estimate of drug-likeness (QED) is 0.398. The summed E-state index contributed by atoms with van der Waals surface area (Å²) in [5, 5.41) is 22.8. The van der Waals surface area contributed by atoms with Gasteiger partial charge in [0.1, 0.15) is 11.6 Å². The van der Waals surface area contributed by atoms with Crippen LogP contribution in [0.2, 0.25) is 0 Å². The maximum atomic E-state index is 12.0. The predicted octanol–water partition coefficient (Wildman–Crippen LogP) is 2.56. The van der Waals surface area contributed by atoms with Crippen molar-refractivity contribution < 1.29 is 9.72 Å². The first-order valence-electron chi connectivity index (χ1n) is 6.78. The Morgan fingerprint density at radius 3 is 2.67 bits per heavy atom. The van der Waals surface area contributed by atoms with Gasteiger partial charge in [-0.3, -0.25) is 14.9 Å². The Bertz CT molecular complexity index is 625. The molecule has 6 nitrogen and oxygen atoms in total. The third kappa shape index (κ3) is 3.66. The van der Waals surface area contributed by atoms with Crippen LogP contribution < -0.4 is 5.32 Å². The third-order valence-corrected chi connectivity index (χ3v) is 3.49. The van der Waals surface area contributed by atoms with Gasteiger partial charge in [0.25, 0.3) is 11.6 Å². The van der Waals surface area contributed by atoms with Crippen LogP contribution in [0.15, 0.2) is 29.8 Å². The van der Waals surface area contributed by atoms with Crippen molar-refractivity contribution in [1.82, 2.24) is 5.32 Å². The number of nitrogens with zero attached hydrogens (tertiary/aromatic N) is 2. The van der Waals surface area contributed by atoms with Crippen molar-refractivity contribution in [3.05, 3.63) is 45.5 Å². The lowest BCUT2D eigenvalue weighted by atomic mass is 10.1. The number of hydrogen-bond acceptors (Lipinski definition) is 4. The minimum absolute atomic E-state index is 0.0972. The van der Waals surface area contributed by atoms with Crippen LogP contribution in [0, 0.1) is 21.4 Å². The fraction of sp³-hybridized carbons (Fsp3) is 0.333. The van der Waals surface area contributed by atoms with Crippen molar-refractivity contribution in [3.8, 4) is 6.07 Å². The standard InChI is InChI=1S/C15H15N3O3/c16-10-12(15(19)17-13-6-2-3-7-13)9-11-5-1-4-8-14(11)18(20)21/h1,4-5,8-9,13H,2-3,6-7H2,(H,17,19)/b12-9-. The molecule has 0 unspecified atom stereocenters. The predicted molar refractivity (Wildman–Crippen MR) is 77.1 cm³/mol. The Morgan fingerprint density at radius 1 is 1.38 bits per heavy atom. The largest absolute Gasteiger partial charge is 0.349 e. The number of nitriles is 1. The van der Waals surface area contributed by atoms with Crippen LogP contribution in [-0.2, 0) is 4.79 Å². The van der Waals surface area contributed by atoms with Gasteiger partial charge >= 0.3 is 0 Å². The number of benzene rings is 1. The van der Waals surface area contributed by atoms with Gasteiger partial charge in [-0.1, -0.05) is 25.0 Å². The number of hydrogen-bond donors (Lipinski definition) is 1. The number of rotatable bonds is 4. The molecule has 1 fully saturated rings. The van der Waals surface area contributed by atoms with E-state index in [1.807, 2.05) is 6.07 Å². The van der Waals surface area contributed by atoms with Crippen molar-refractivity contribution in [3.63, 3.8) is 0 Å². The molecule has 0 radical (unpaired) electrons. The average Bonchev–Trinajstić information content (AvgIpc) is 2.97. The Morgan fingerprint density at radius 2 is 2.05 bits per heavy atom. The fourth-order valence-electron chi connectivity index (χ4n) is 2.41. The monoisotopic (exact) mass is 285 g/mol. The van der Waals surface area contributed by atoms with Crippen LogP contribution in [-0.4, -0.2) is 16.9 Å². The maximum Gasteiger partial charge on any atom is 0.276 e. The van der Waals surface area contributed by atoms with E-state index in [9.17, 15) is 14.9 Å². The second kappa shape index (κ2) is 6.66. The normalized spacial score (nSPS) is 15.5. The van der Waals surface area contributed by atoms with E-state index in [4.69, 9.17) is 5.26 Å². The number of nitro benzene ring substituents is 1. The summed E-state index contributed by atoms with van der Waals surface area (Å²) in [7, 11) is 0. The zero-order valence-electron chi connectivity index (χ0n) is 11.4. The summed E-state index contributed by atoms with van der Waals surface area (Å²) in [5.41, 5.74) is 0.00994. The van der Waals surface area contributed by atoms with Crippen LogP contribution in [0.4, 0.5) is 5.69 Å². The fourth-order valence-corrected chi connectivity index (χ4v) is 2.41. The summed E-state index contributed by atoms with van der Waals surface area (Å²) in [5.74, 6) is -0.470. The molecule has 1 amide bonds. The van der Waals surface area contributed by atoms with Gasteiger partial charge in [-0.2, -0.15) is 5.26 Å². The molecule has 6 heteroatoms. The van der Waals surface area contributed by atoms with Crippen LogP contribution >= 0.6 is 0 Å². The Labute approximate surface area is 122 Å². The molecule has 21 heavy (non-hydrogen) atoms. The SMILES string of the molecule is N#C/C(=C/c1ccccc1[N+](=O)[O-])C(=O)NC1CCCC1. The number of para-hydroxylation sites is 1. The molecule has 1 aliphatic carbocycles. The summed E-state index contributed by atoms with van der Waals surface area (Å²) in [6, 6.07) is 7.94. The number of nitrogens with one attached hydrogen (secondary N) is 1. The number of amides is 1. The number of carbonyl (C=O) groups excluding carboxylic acids is 1. The second-order valence-electron chi connectivity index (χ2n) is 4.94. The molecular formula is C15H15N3O3. The van der Waals surface area contributed by atoms with Crippen LogP contribution in [0.5, 0.6) is 0 Å². The topological polar surface area (TPSA) is 96.0 Å². The first-order chi connectivity index (χ1) is 10.1. The summed E-state index contributed by atoms with van der Waals surface area (Å²) < 4.78 is 0. The summed E-state index contributed by atoms with van der Waals surface area (Å²) >= 11 is 0. The van der Waals surface area contributed by atoms with Gasteiger partial charge < -0.3 is 5.32 Å². The van der Waals surface area contributed by atoms with E-state index in [0.29, 0.717) is 0 Å². The molecule has 108 valence electrons. The molecule has 0 aliphatic heterocycles. The Hall–Kier alpha value is -2.68. The highest BCUT2D eigenvalue weighted by molar-refractivity contribution is 6.02. The van der Waals surface area contributed by atoms with Crippen LogP contribution in [0.3, 0.4) is 0 Å². The lowest BCUT2D eigenvalue weighted by molar-refractivity contribution is -0.385. The minimum atomic E-state index is -0.532. The van der Waals surface area contributed by atoms with Gasteiger partial charge in [0.05, 0.1) is 10.5 Å². The van der Waals surface area contributed by atoms with E-state index >= 15 is 0 Å². The zero-order chi connectivity index (χ0) is 15.2. The number of nitro groups is 1. The maximum absolute atomic E-state index is 12.0.